The predicted molar refractivity (Wildman–Crippen MR) is 114 cm³/mol. The van der Waals surface area contributed by atoms with Crippen LogP contribution in [0.1, 0.15) is 52.5 Å². The molecule has 27 heavy (non-hydrogen) atoms. The number of nitrogens with zero attached hydrogens (tertiary/aromatic N) is 5. The first-order chi connectivity index (χ1) is 13.1. The molecule has 0 atom stereocenters. The van der Waals surface area contributed by atoms with Crippen LogP contribution in [0.2, 0.25) is 0 Å². The van der Waals surface area contributed by atoms with Crippen molar-refractivity contribution < 1.29 is 0 Å². The first kappa shape index (κ1) is 19.0. The van der Waals surface area contributed by atoms with Gasteiger partial charge in [-0.2, -0.15) is 0 Å². The van der Waals surface area contributed by atoms with Gasteiger partial charge in [0.15, 0.2) is 0 Å². The Hall–Kier alpha value is -2.76. The van der Waals surface area contributed by atoms with E-state index in [0.29, 0.717) is 5.95 Å². The molecule has 0 spiro atoms. The number of amidine groups is 1. The van der Waals surface area contributed by atoms with Crippen LogP contribution in [0.25, 0.3) is 11.1 Å². The number of hydrogen-bond donors (Lipinski definition) is 1. The Morgan fingerprint density at radius 2 is 2.15 bits per heavy atom. The molecule has 2 heterocycles. The lowest BCUT2D eigenvalue weighted by Crippen LogP contribution is -2.22. The zero-order chi connectivity index (χ0) is 19.2. The molecule has 1 saturated carbocycles. The van der Waals surface area contributed by atoms with Crippen LogP contribution >= 0.6 is 0 Å². The molecular weight excluding hydrogens is 336 g/mol. The van der Waals surface area contributed by atoms with E-state index in [2.05, 4.69) is 25.4 Å². The Bertz CT molecular complexity index is 908. The minimum Gasteiger partial charge on any atom is -0.353 e. The standard InChI is InChI=1S/C21H28N6/c1-5-18(13-23-16(4)22-11-15(2)3)19-9-10-27-20(19)14-25-21(26-27)24-12-17-7-6-8-17/h5,9-11,13-14,17H,6-8,12H2,1-4H3,(H,24,26)/b18-5+,22-16?,23-13?. The molecular formula is C21H28N6. The van der Waals surface area contributed by atoms with Gasteiger partial charge in [0, 0.05) is 30.7 Å². The second-order valence-corrected chi connectivity index (χ2v) is 7.20. The monoisotopic (exact) mass is 364 g/mol. The van der Waals surface area contributed by atoms with Gasteiger partial charge in [0.1, 0.15) is 5.84 Å². The molecule has 0 saturated heterocycles. The van der Waals surface area contributed by atoms with Crippen molar-refractivity contribution in [2.75, 3.05) is 11.9 Å². The van der Waals surface area contributed by atoms with Gasteiger partial charge in [0.25, 0.3) is 0 Å². The number of rotatable bonds is 6. The van der Waals surface area contributed by atoms with Crippen LogP contribution in [0.5, 0.6) is 0 Å². The molecule has 0 amide bonds. The van der Waals surface area contributed by atoms with E-state index in [1.165, 1.54) is 19.3 Å². The first-order valence-corrected chi connectivity index (χ1v) is 9.53. The highest BCUT2D eigenvalue weighted by Crippen LogP contribution is 2.26. The Morgan fingerprint density at radius 1 is 1.33 bits per heavy atom. The van der Waals surface area contributed by atoms with Crippen LogP contribution in [0.4, 0.5) is 5.95 Å². The van der Waals surface area contributed by atoms with Gasteiger partial charge in [0.05, 0.1) is 11.7 Å². The molecule has 3 rings (SSSR count). The molecule has 0 bridgehead atoms. The van der Waals surface area contributed by atoms with Gasteiger partial charge >= 0.3 is 0 Å². The summed E-state index contributed by atoms with van der Waals surface area (Å²) >= 11 is 0. The lowest BCUT2D eigenvalue weighted by atomic mass is 9.85. The number of anilines is 1. The van der Waals surface area contributed by atoms with Crippen molar-refractivity contribution in [1.82, 2.24) is 14.6 Å². The van der Waals surface area contributed by atoms with E-state index < -0.39 is 0 Å². The number of allylic oxidation sites excluding steroid dienone is 3. The molecule has 2 aromatic heterocycles. The molecule has 6 heteroatoms. The number of fused-ring (bicyclic) bond motifs is 1. The number of aliphatic imine (C=N–C) groups is 2. The quantitative estimate of drug-likeness (QED) is 0.594. The molecule has 1 aliphatic carbocycles. The third kappa shape index (κ3) is 4.90. The molecule has 6 nitrogen and oxygen atoms in total. The Labute approximate surface area is 160 Å². The van der Waals surface area contributed by atoms with Crippen LogP contribution < -0.4 is 5.32 Å². The summed E-state index contributed by atoms with van der Waals surface area (Å²) in [5.74, 6) is 2.17. The lowest BCUT2D eigenvalue weighted by molar-refractivity contribution is 0.333. The van der Waals surface area contributed by atoms with E-state index in [1.54, 1.807) is 0 Å². The SMILES string of the molecule is C/C=C(\C=NC(C)=NC=C(C)C)c1ccn2nc(NCC3CCC3)ncc12. The maximum Gasteiger partial charge on any atom is 0.241 e. The van der Waals surface area contributed by atoms with Gasteiger partial charge in [-0.25, -0.2) is 19.5 Å². The third-order valence-electron chi connectivity index (χ3n) is 4.71. The van der Waals surface area contributed by atoms with Crippen LogP contribution in [0, 0.1) is 5.92 Å². The van der Waals surface area contributed by atoms with Gasteiger partial charge in [0.2, 0.25) is 5.95 Å². The molecule has 0 radical (unpaired) electrons. The summed E-state index contributed by atoms with van der Waals surface area (Å²) in [6.07, 6.45) is 13.5. The zero-order valence-electron chi connectivity index (χ0n) is 16.6. The van der Waals surface area contributed by atoms with Gasteiger partial charge in [-0.05, 0) is 58.1 Å². The molecule has 0 unspecified atom stereocenters. The summed E-state index contributed by atoms with van der Waals surface area (Å²) in [5, 5.41) is 7.93. The summed E-state index contributed by atoms with van der Waals surface area (Å²) in [6, 6.07) is 2.05. The first-order valence-electron chi connectivity index (χ1n) is 9.53. The summed E-state index contributed by atoms with van der Waals surface area (Å²) in [4.78, 5) is 13.3. The van der Waals surface area contributed by atoms with E-state index in [1.807, 2.05) is 69.2 Å². The van der Waals surface area contributed by atoms with Crippen LogP contribution in [-0.2, 0) is 0 Å². The van der Waals surface area contributed by atoms with Crippen molar-refractivity contribution in [2.24, 2.45) is 15.9 Å². The van der Waals surface area contributed by atoms with E-state index in [0.717, 1.165) is 40.5 Å². The average Bonchev–Trinajstić information content (AvgIpc) is 3.02. The van der Waals surface area contributed by atoms with E-state index in [-0.39, 0.29) is 0 Å². The molecule has 142 valence electrons. The maximum absolute atomic E-state index is 4.58. The van der Waals surface area contributed by atoms with Crippen LogP contribution in [0.15, 0.2) is 46.3 Å². The van der Waals surface area contributed by atoms with Crippen molar-refractivity contribution in [2.45, 2.75) is 47.0 Å². The largest absolute Gasteiger partial charge is 0.353 e. The minimum atomic E-state index is 0.678. The third-order valence-corrected chi connectivity index (χ3v) is 4.71. The summed E-state index contributed by atoms with van der Waals surface area (Å²) in [5.41, 5.74) is 4.18. The predicted octanol–water partition coefficient (Wildman–Crippen LogP) is 4.76. The van der Waals surface area contributed by atoms with Crippen molar-refractivity contribution >= 4 is 29.1 Å². The summed E-state index contributed by atoms with van der Waals surface area (Å²) in [7, 11) is 0. The molecule has 1 N–H and O–H groups in total. The number of aromatic nitrogens is 3. The maximum atomic E-state index is 4.58. The summed E-state index contributed by atoms with van der Waals surface area (Å²) < 4.78 is 1.87. The van der Waals surface area contributed by atoms with Crippen molar-refractivity contribution in [3.05, 3.63) is 41.9 Å². The Morgan fingerprint density at radius 3 is 2.81 bits per heavy atom. The number of nitrogens with one attached hydrogen (secondary N) is 1. The van der Waals surface area contributed by atoms with Gasteiger partial charge < -0.3 is 5.32 Å². The van der Waals surface area contributed by atoms with E-state index >= 15 is 0 Å². The Balaban J connectivity index is 1.76. The number of hydrogen-bond acceptors (Lipinski definition) is 4. The molecule has 0 aromatic carbocycles. The highest BCUT2D eigenvalue weighted by atomic mass is 15.3. The van der Waals surface area contributed by atoms with Crippen molar-refractivity contribution in [3.8, 4) is 0 Å². The fraction of sp³-hybridized carbons (Fsp3) is 0.429. The van der Waals surface area contributed by atoms with Gasteiger partial charge in [-0.1, -0.05) is 18.1 Å². The second-order valence-electron chi connectivity index (χ2n) is 7.20. The fourth-order valence-corrected chi connectivity index (χ4v) is 2.88. The smallest absolute Gasteiger partial charge is 0.241 e. The van der Waals surface area contributed by atoms with E-state index in [4.69, 9.17) is 0 Å². The van der Waals surface area contributed by atoms with Gasteiger partial charge in [-0.3, -0.25) is 0 Å². The average molecular weight is 364 g/mol. The molecule has 1 aliphatic rings. The van der Waals surface area contributed by atoms with Crippen LogP contribution in [-0.4, -0.2) is 33.2 Å². The van der Waals surface area contributed by atoms with Crippen molar-refractivity contribution in [1.29, 1.82) is 0 Å². The molecule has 0 aliphatic heterocycles. The van der Waals surface area contributed by atoms with E-state index in [9.17, 15) is 0 Å². The highest BCUT2D eigenvalue weighted by Gasteiger charge is 2.17. The summed E-state index contributed by atoms with van der Waals surface area (Å²) in [6.45, 7) is 8.88. The van der Waals surface area contributed by atoms with Gasteiger partial charge in [-0.15, -0.1) is 5.10 Å². The molecule has 1 fully saturated rings. The minimum absolute atomic E-state index is 0.678. The topological polar surface area (TPSA) is 66.9 Å². The lowest BCUT2D eigenvalue weighted by Gasteiger charge is -2.25. The highest BCUT2D eigenvalue weighted by molar-refractivity contribution is 6.15. The zero-order valence-corrected chi connectivity index (χ0v) is 16.6. The second kappa shape index (κ2) is 8.75. The Kier molecular flexibility index (Phi) is 6.16. The fourth-order valence-electron chi connectivity index (χ4n) is 2.88. The van der Waals surface area contributed by atoms with Crippen LogP contribution in [0.3, 0.4) is 0 Å². The van der Waals surface area contributed by atoms with Crippen molar-refractivity contribution in [3.63, 3.8) is 0 Å². The molecule has 2 aromatic rings. The normalized spacial score (nSPS) is 16.0.